The third-order valence-corrected chi connectivity index (χ3v) is 3.51. The molecular formula is C16H23FN2O2. The number of carbonyl (C=O) groups is 1. The first-order valence-corrected chi connectivity index (χ1v) is 7.01. The minimum Gasteiger partial charge on any atom is -0.489 e. The van der Waals surface area contributed by atoms with E-state index in [0.717, 1.165) is 6.42 Å². The van der Waals surface area contributed by atoms with E-state index >= 15 is 0 Å². The fourth-order valence-electron chi connectivity index (χ4n) is 1.68. The highest BCUT2D eigenvalue weighted by Gasteiger charge is 2.15. The van der Waals surface area contributed by atoms with E-state index in [0.29, 0.717) is 23.2 Å². The predicted octanol–water partition coefficient (Wildman–Crippen LogP) is 2.75. The van der Waals surface area contributed by atoms with Gasteiger partial charge in [0, 0.05) is 30.8 Å². The van der Waals surface area contributed by atoms with Gasteiger partial charge in [-0.05, 0) is 37.6 Å². The highest BCUT2D eigenvalue weighted by atomic mass is 19.1. The molecular weight excluding hydrogens is 271 g/mol. The molecule has 0 fully saturated rings. The minimum absolute atomic E-state index is 0.0257. The molecule has 1 atom stereocenters. The normalized spacial score (nSPS) is 12.9. The van der Waals surface area contributed by atoms with Crippen LogP contribution in [-0.4, -0.2) is 37.0 Å². The molecule has 116 valence electrons. The van der Waals surface area contributed by atoms with Crippen molar-refractivity contribution in [1.29, 1.82) is 0 Å². The standard InChI is InChI=1S/C16H23FN2O2/c1-4-12(2)19(3)16(20)14-5-7-15(8-6-14)21-11-13(9-17)10-18/h5-9,12H,4,10-11,18H2,1-3H3/b13-9-. The van der Waals surface area contributed by atoms with Gasteiger partial charge in [0.05, 0.1) is 6.33 Å². The van der Waals surface area contributed by atoms with Crippen LogP contribution in [0.5, 0.6) is 5.75 Å². The summed E-state index contributed by atoms with van der Waals surface area (Å²) < 4.78 is 17.8. The molecule has 1 rings (SSSR count). The van der Waals surface area contributed by atoms with Crippen molar-refractivity contribution < 1.29 is 13.9 Å². The number of amides is 1. The quantitative estimate of drug-likeness (QED) is 0.841. The summed E-state index contributed by atoms with van der Waals surface area (Å²) in [6.07, 6.45) is 1.36. The number of benzene rings is 1. The van der Waals surface area contributed by atoms with Gasteiger partial charge in [-0.3, -0.25) is 4.79 Å². The van der Waals surface area contributed by atoms with E-state index < -0.39 is 0 Å². The number of hydrogen-bond acceptors (Lipinski definition) is 3. The second-order valence-electron chi connectivity index (χ2n) is 4.96. The second-order valence-corrected chi connectivity index (χ2v) is 4.96. The van der Waals surface area contributed by atoms with Gasteiger partial charge in [-0.1, -0.05) is 6.92 Å². The lowest BCUT2D eigenvalue weighted by atomic mass is 10.1. The second kappa shape index (κ2) is 8.42. The lowest BCUT2D eigenvalue weighted by molar-refractivity contribution is 0.0740. The van der Waals surface area contributed by atoms with Crippen molar-refractivity contribution in [2.24, 2.45) is 5.73 Å². The number of hydrogen-bond donors (Lipinski definition) is 1. The summed E-state index contributed by atoms with van der Waals surface area (Å²) in [7, 11) is 1.79. The van der Waals surface area contributed by atoms with E-state index in [-0.39, 0.29) is 25.1 Å². The van der Waals surface area contributed by atoms with Crippen molar-refractivity contribution in [3.8, 4) is 5.75 Å². The van der Waals surface area contributed by atoms with Gasteiger partial charge >= 0.3 is 0 Å². The Balaban J connectivity index is 2.67. The zero-order valence-corrected chi connectivity index (χ0v) is 12.8. The molecule has 0 aliphatic rings. The SMILES string of the molecule is CCC(C)N(C)C(=O)c1ccc(OC/C(=C\F)CN)cc1. The highest BCUT2D eigenvalue weighted by Crippen LogP contribution is 2.15. The van der Waals surface area contributed by atoms with Crippen LogP contribution in [0.4, 0.5) is 4.39 Å². The molecule has 1 aromatic carbocycles. The van der Waals surface area contributed by atoms with Crippen LogP contribution in [0.1, 0.15) is 30.6 Å². The minimum atomic E-state index is -0.0257. The summed E-state index contributed by atoms with van der Waals surface area (Å²) >= 11 is 0. The van der Waals surface area contributed by atoms with Crippen molar-refractivity contribution in [2.75, 3.05) is 20.2 Å². The largest absolute Gasteiger partial charge is 0.489 e. The Morgan fingerprint density at radius 1 is 1.43 bits per heavy atom. The van der Waals surface area contributed by atoms with Crippen LogP contribution in [0.25, 0.3) is 0 Å². The molecule has 0 aromatic heterocycles. The molecule has 0 aliphatic carbocycles. The van der Waals surface area contributed by atoms with Crippen molar-refractivity contribution in [3.05, 3.63) is 41.7 Å². The van der Waals surface area contributed by atoms with Crippen LogP contribution < -0.4 is 10.5 Å². The highest BCUT2D eigenvalue weighted by molar-refractivity contribution is 5.94. The Labute approximate surface area is 125 Å². The lowest BCUT2D eigenvalue weighted by Gasteiger charge is -2.23. The molecule has 0 heterocycles. The molecule has 1 amide bonds. The third-order valence-electron chi connectivity index (χ3n) is 3.51. The Hall–Kier alpha value is -1.88. The zero-order chi connectivity index (χ0) is 15.8. The van der Waals surface area contributed by atoms with Crippen LogP contribution in [0, 0.1) is 0 Å². The van der Waals surface area contributed by atoms with E-state index in [1.54, 1.807) is 36.2 Å². The van der Waals surface area contributed by atoms with Crippen molar-refractivity contribution in [2.45, 2.75) is 26.3 Å². The Kier molecular flexibility index (Phi) is 6.88. The predicted molar refractivity (Wildman–Crippen MR) is 82.0 cm³/mol. The van der Waals surface area contributed by atoms with Crippen LogP contribution in [0.3, 0.4) is 0 Å². The number of halogens is 1. The fraction of sp³-hybridized carbons (Fsp3) is 0.438. The molecule has 21 heavy (non-hydrogen) atoms. The number of nitrogens with zero attached hydrogens (tertiary/aromatic N) is 1. The molecule has 0 radical (unpaired) electrons. The number of carbonyl (C=O) groups excluding carboxylic acids is 1. The molecule has 0 bridgehead atoms. The van der Waals surface area contributed by atoms with E-state index in [1.807, 2.05) is 13.8 Å². The Bertz CT molecular complexity index is 486. The van der Waals surface area contributed by atoms with Crippen molar-refractivity contribution in [3.63, 3.8) is 0 Å². The zero-order valence-electron chi connectivity index (χ0n) is 12.8. The summed E-state index contributed by atoms with van der Waals surface area (Å²) in [5.74, 6) is 0.549. The molecule has 2 N–H and O–H groups in total. The first-order chi connectivity index (χ1) is 10.0. The monoisotopic (exact) mass is 294 g/mol. The Morgan fingerprint density at radius 2 is 2.05 bits per heavy atom. The first kappa shape index (κ1) is 17.2. The van der Waals surface area contributed by atoms with Crippen molar-refractivity contribution >= 4 is 5.91 Å². The summed E-state index contributed by atoms with van der Waals surface area (Å²) in [4.78, 5) is 13.9. The lowest BCUT2D eigenvalue weighted by Crippen LogP contribution is -2.34. The molecule has 0 aliphatic heterocycles. The van der Waals surface area contributed by atoms with E-state index in [2.05, 4.69) is 0 Å². The van der Waals surface area contributed by atoms with Gasteiger partial charge in [0.25, 0.3) is 5.91 Å². The number of nitrogens with two attached hydrogens (primary N) is 1. The molecule has 4 nitrogen and oxygen atoms in total. The maximum atomic E-state index is 12.4. The van der Waals surface area contributed by atoms with E-state index in [4.69, 9.17) is 10.5 Å². The molecule has 1 aromatic rings. The van der Waals surface area contributed by atoms with Gasteiger partial charge < -0.3 is 15.4 Å². The van der Waals surface area contributed by atoms with Crippen LogP contribution in [0.2, 0.25) is 0 Å². The van der Waals surface area contributed by atoms with Gasteiger partial charge in [-0.25, -0.2) is 4.39 Å². The summed E-state index contributed by atoms with van der Waals surface area (Å²) in [6.45, 7) is 4.27. The Morgan fingerprint density at radius 3 is 2.52 bits per heavy atom. The van der Waals surface area contributed by atoms with Crippen LogP contribution in [0.15, 0.2) is 36.2 Å². The van der Waals surface area contributed by atoms with Gasteiger partial charge in [-0.15, -0.1) is 0 Å². The van der Waals surface area contributed by atoms with Crippen LogP contribution in [-0.2, 0) is 0 Å². The van der Waals surface area contributed by atoms with E-state index in [1.165, 1.54) is 0 Å². The summed E-state index contributed by atoms with van der Waals surface area (Å²) in [5, 5.41) is 0. The summed E-state index contributed by atoms with van der Waals surface area (Å²) in [5.41, 5.74) is 6.33. The summed E-state index contributed by atoms with van der Waals surface area (Å²) in [6, 6.07) is 7.00. The molecule has 5 heteroatoms. The molecule has 0 saturated carbocycles. The fourth-order valence-corrected chi connectivity index (χ4v) is 1.68. The number of ether oxygens (including phenoxy) is 1. The van der Waals surface area contributed by atoms with E-state index in [9.17, 15) is 9.18 Å². The average Bonchev–Trinajstić information content (AvgIpc) is 2.54. The average molecular weight is 294 g/mol. The molecule has 0 saturated heterocycles. The molecule has 0 spiro atoms. The topological polar surface area (TPSA) is 55.6 Å². The maximum Gasteiger partial charge on any atom is 0.253 e. The molecule has 1 unspecified atom stereocenters. The maximum absolute atomic E-state index is 12.4. The van der Waals surface area contributed by atoms with Gasteiger partial charge in [0.1, 0.15) is 12.4 Å². The first-order valence-electron chi connectivity index (χ1n) is 7.01. The van der Waals surface area contributed by atoms with Gasteiger partial charge in [-0.2, -0.15) is 0 Å². The van der Waals surface area contributed by atoms with Gasteiger partial charge in [0.15, 0.2) is 0 Å². The van der Waals surface area contributed by atoms with Crippen LogP contribution >= 0.6 is 0 Å². The number of rotatable bonds is 7. The van der Waals surface area contributed by atoms with Crippen molar-refractivity contribution in [1.82, 2.24) is 4.90 Å². The smallest absolute Gasteiger partial charge is 0.253 e. The third kappa shape index (κ3) is 4.86. The van der Waals surface area contributed by atoms with Gasteiger partial charge in [0.2, 0.25) is 0 Å².